The lowest BCUT2D eigenvalue weighted by molar-refractivity contribution is 0.247. The number of ether oxygens (including phenoxy) is 3. The van der Waals surface area contributed by atoms with Gasteiger partial charge in [-0.1, -0.05) is 25.1 Å². The summed E-state index contributed by atoms with van der Waals surface area (Å²) in [4.78, 5) is 0. The van der Waals surface area contributed by atoms with Crippen LogP contribution in [0.4, 0.5) is 5.69 Å². The lowest BCUT2D eigenvalue weighted by Crippen LogP contribution is -2.07. The summed E-state index contributed by atoms with van der Waals surface area (Å²) in [7, 11) is 1.61. The Morgan fingerprint density at radius 3 is 2.36 bits per heavy atom. The molecule has 0 aliphatic carbocycles. The monoisotopic (exact) mass is 301 g/mol. The Kier molecular flexibility index (Phi) is 5.95. The third-order valence-corrected chi connectivity index (χ3v) is 3.37. The number of nitrogens with two attached hydrogens (primary N) is 1. The summed E-state index contributed by atoms with van der Waals surface area (Å²) >= 11 is 0. The van der Waals surface area contributed by atoms with Crippen molar-refractivity contribution in [3.63, 3.8) is 0 Å². The highest BCUT2D eigenvalue weighted by molar-refractivity contribution is 5.56. The molecule has 2 N–H and O–H groups in total. The third-order valence-electron chi connectivity index (χ3n) is 3.37. The second-order valence-electron chi connectivity index (χ2n) is 4.92. The number of aryl methyl sites for hydroxylation is 1. The Morgan fingerprint density at radius 2 is 1.68 bits per heavy atom. The molecule has 0 bridgehead atoms. The Morgan fingerprint density at radius 1 is 0.955 bits per heavy atom. The first-order valence-electron chi connectivity index (χ1n) is 7.51. The molecule has 0 aliphatic rings. The van der Waals surface area contributed by atoms with Crippen LogP contribution in [0.25, 0.3) is 0 Å². The highest BCUT2D eigenvalue weighted by Crippen LogP contribution is 2.26. The molecule has 2 aromatic carbocycles. The van der Waals surface area contributed by atoms with Crippen molar-refractivity contribution < 1.29 is 14.2 Å². The summed E-state index contributed by atoms with van der Waals surface area (Å²) < 4.78 is 16.6. The van der Waals surface area contributed by atoms with E-state index in [0.717, 1.165) is 24.3 Å². The Labute approximate surface area is 131 Å². The van der Waals surface area contributed by atoms with E-state index in [-0.39, 0.29) is 0 Å². The second-order valence-corrected chi connectivity index (χ2v) is 4.92. The molecule has 0 aliphatic heterocycles. The van der Waals surface area contributed by atoms with Gasteiger partial charge in [-0.25, -0.2) is 0 Å². The first kappa shape index (κ1) is 16.0. The Bertz CT molecular complexity index is 599. The molecular formula is C18H23NO3. The largest absolute Gasteiger partial charge is 0.497 e. The molecule has 22 heavy (non-hydrogen) atoms. The van der Waals surface area contributed by atoms with Gasteiger partial charge in [0.15, 0.2) is 0 Å². The van der Waals surface area contributed by atoms with E-state index in [1.54, 1.807) is 13.2 Å². The summed E-state index contributed by atoms with van der Waals surface area (Å²) in [5.74, 6) is 2.35. The van der Waals surface area contributed by atoms with Gasteiger partial charge < -0.3 is 19.9 Å². The summed E-state index contributed by atoms with van der Waals surface area (Å²) in [5.41, 5.74) is 7.71. The number of hydrogen-bond donors (Lipinski definition) is 1. The highest BCUT2D eigenvalue weighted by atomic mass is 16.5. The van der Waals surface area contributed by atoms with E-state index >= 15 is 0 Å². The van der Waals surface area contributed by atoms with Crippen LogP contribution in [0.1, 0.15) is 18.9 Å². The maximum Gasteiger partial charge on any atom is 0.142 e. The van der Waals surface area contributed by atoms with Crippen LogP contribution in [0.2, 0.25) is 0 Å². The zero-order valence-corrected chi connectivity index (χ0v) is 13.2. The van der Waals surface area contributed by atoms with E-state index in [1.807, 2.05) is 30.3 Å². The zero-order chi connectivity index (χ0) is 15.8. The molecule has 4 nitrogen and oxygen atoms in total. The van der Waals surface area contributed by atoms with Crippen LogP contribution in [0.3, 0.4) is 0 Å². The van der Waals surface area contributed by atoms with Crippen LogP contribution >= 0.6 is 0 Å². The fourth-order valence-electron chi connectivity index (χ4n) is 2.14. The van der Waals surface area contributed by atoms with Crippen molar-refractivity contribution in [2.75, 3.05) is 26.1 Å². The predicted octanol–water partition coefficient (Wildman–Crippen LogP) is 3.69. The van der Waals surface area contributed by atoms with E-state index in [0.29, 0.717) is 24.7 Å². The minimum atomic E-state index is 0.560. The molecule has 0 aromatic heterocycles. The molecular weight excluding hydrogens is 278 g/mol. The molecule has 2 rings (SSSR count). The highest BCUT2D eigenvalue weighted by Gasteiger charge is 2.03. The van der Waals surface area contributed by atoms with Crippen molar-refractivity contribution in [2.45, 2.75) is 19.8 Å². The third kappa shape index (κ3) is 4.32. The summed E-state index contributed by atoms with van der Waals surface area (Å²) in [6.45, 7) is 3.30. The van der Waals surface area contributed by atoms with Gasteiger partial charge in [0.1, 0.15) is 17.2 Å². The molecule has 0 fully saturated rings. The quantitative estimate of drug-likeness (QED) is 0.597. The smallest absolute Gasteiger partial charge is 0.142 e. The number of anilines is 1. The molecule has 0 radical (unpaired) electrons. The second kappa shape index (κ2) is 8.17. The van der Waals surface area contributed by atoms with Gasteiger partial charge in [-0.05, 0) is 30.2 Å². The maximum atomic E-state index is 5.90. The first-order chi connectivity index (χ1) is 10.7. The average molecular weight is 301 g/mol. The number of nitrogen functional groups attached to an aromatic ring is 1. The summed E-state index contributed by atoms with van der Waals surface area (Å²) in [6, 6.07) is 13.5. The minimum absolute atomic E-state index is 0.560. The molecule has 0 saturated carbocycles. The normalized spacial score (nSPS) is 10.3. The van der Waals surface area contributed by atoms with Crippen LogP contribution in [-0.2, 0) is 6.42 Å². The summed E-state index contributed by atoms with van der Waals surface area (Å²) in [5, 5.41) is 0. The predicted molar refractivity (Wildman–Crippen MR) is 88.8 cm³/mol. The Balaban J connectivity index is 1.75. The van der Waals surface area contributed by atoms with Crippen molar-refractivity contribution in [1.29, 1.82) is 0 Å². The molecule has 0 unspecified atom stereocenters. The lowest BCUT2D eigenvalue weighted by Gasteiger charge is -2.12. The van der Waals surface area contributed by atoms with Crippen LogP contribution in [0.5, 0.6) is 17.2 Å². The number of rotatable bonds is 8. The van der Waals surface area contributed by atoms with Crippen molar-refractivity contribution in [3.05, 3.63) is 48.0 Å². The van der Waals surface area contributed by atoms with Gasteiger partial charge in [-0.15, -0.1) is 0 Å². The summed E-state index contributed by atoms with van der Waals surface area (Å²) in [6.07, 6.45) is 1.76. The standard InChI is InChI=1S/C18H23NO3/c1-3-14-7-4-5-8-17(14)21-11-6-12-22-18-10-9-15(20-2)13-16(18)19/h4-5,7-10,13H,3,6,11-12,19H2,1-2H3. The zero-order valence-electron chi connectivity index (χ0n) is 13.2. The van der Waals surface area contributed by atoms with E-state index in [4.69, 9.17) is 19.9 Å². The van der Waals surface area contributed by atoms with Gasteiger partial charge in [0.25, 0.3) is 0 Å². The lowest BCUT2D eigenvalue weighted by atomic mass is 10.1. The van der Waals surface area contributed by atoms with Crippen molar-refractivity contribution in [3.8, 4) is 17.2 Å². The number of para-hydroxylation sites is 1. The van der Waals surface area contributed by atoms with E-state index < -0.39 is 0 Å². The van der Waals surface area contributed by atoms with Gasteiger partial charge in [0, 0.05) is 12.5 Å². The van der Waals surface area contributed by atoms with Crippen LogP contribution in [-0.4, -0.2) is 20.3 Å². The van der Waals surface area contributed by atoms with Crippen molar-refractivity contribution >= 4 is 5.69 Å². The van der Waals surface area contributed by atoms with Gasteiger partial charge in [-0.2, -0.15) is 0 Å². The number of hydrogen-bond acceptors (Lipinski definition) is 4. The fourth-order valence-corrected chi connectivity index (χ4v) is 2.14. The average Bonchev–Trinajstić information content (AvgIpc) is 2.56. The minimum Gasteiger partial charge on any atom is -0.497 e. The molecule has 4 heteroatoms. The molecule has 0 atom stereocenters. The number of methoxy groups -OCH3 is 1. The first-order valence-corrected chi connectivity index (χ1v) is 7.51. The van der Waals surface area contributed by atoms with Gasteiger partial charge >= 0.3 is 0 Å². The molecule has 0 spiro atoms. The SMILES string of the molecule is CCc1ccccc1OCCCOc1ccc(OC)cc1N. The molecule has 0 saturated heterocycles. The number of benzene rings is 2. The van der Waals surface area contributed by atoms with Crippen LogP contribution < -0.4 is 19.9 Å². The molecule has 0 amide bonds. The van der Waals surface area contributed by atoms with Gasteiger partial charge in [0.05, 0.1) is 26.0 Å². The van der Waals surface area contributed by atoms with Crippen LogP contribution in [0, 0.1) is 0 Å². The van der Waals surface area contributed by atoms with Gasteiger partial charge in [-0.3, -0.25) is 0 Å². The van der Waals surface area contributed by atoms with E-state index in [2.05, 4.69) is 13.0 Å². The Hall–Kier alpha value is -2.36. The van der Waals surface area contributed by atoms with Crippen molar-refractivity contribution in [1.82, 2.24) is 0 Å². The van der Waals surface area contributed by atoms with Gasteiger partial charge in [0.2, 0.25) is 0 Å². The molecule has 2 aromatic rings. The maximum absolute atomic E-state index is 5.90. The molecule has 0 heterocycles. The fraction of sp³-hybridized carbons (Fsp3) is 0.333. The van der Waals surface area contributed by atoms with Crippen molar-refractivity contribution in [2.24, 2.45) is 0 Å². The van der Waals surface area contributed by atoms with Crippen LogP contribution in [0.15, 0.2) is 42.5 Å². The molecule has 118 valence electrons. The van der Waals surface area contributed by atoms with E-state index in [9.17, 15) is 0 Å². The van der Waals surface area contributed by atoms with E-state index in [1.165, 1.54) is 5.56 Å². The topological polar surface area (TPSA) is 53.7 Å².